The van der Waals surface area contributed by atoms with E-state index in [1.807, 2.05) is 0 Å². The van der Waals surface area contributed by atoms with Crippen LogP contribution in [0, 0.1) is 0 Å². The van der Waals surface area contributed by atoms with Gasteiger partial charge < -0.3 is 9.16 Å². The normalized spacial score (nSPS) is 13.7. The number of hydrogen-bond donors (Lipinski definition) is 0. The van der Waals surface area contributed by atoms with Gasteiger partial charge in [0.2, 0.25) is 0 Å². The maximum Gasteiger partial charge on any atom is 0.430 e. The minimum absolute atomic E-state index is 0.0703. The molecule has 0 aliphatic rings. The van der Waals surface area contributed by atoms with Crippen LogP contribution in [0.15, 0.2) is 12.8 Å². The fourth-order valence-electron chi connectivity index (χ4n) is 0.702. The van der Waals surface area contributed by atoms with Crippen molar-refractivity contribution in [1.82, 2.24) is 0 Å². The van der Waals surface area contributed by atoms with Crippen LogP contribution in [0.2, 0.25) is 6.55 Å². The highest BCUT2D eigenvalue weighted by Crippen LogP contribution is 2.41. The molecule has 0 bridgehead atoms. The standard InChI is InChI=1S/C7H10F6O2Si/c1-3-14-4-5-15-16(2,6(8,9)10)7(11,12)13/h3H,1,4-5H2,2H3. The number of ether oxygens (including phenoxy) is 1. The van der Waals surface area contributed by atoms with Gasteiger partial charge in [-0.25, -0.2) is 0 Å². The van der Waals surface area contributed by atoms with Gasteiger partial charge in [-0.05, 0) is 6.55 Å². The van der Waals surface area contributed by atoms with E-state index in [0.717, 1.165) is 6.26 Å². The Morgan fingerprint density at radius 1 is 1.06 bits per heavy atom. The first kappa shape index (κ1) is 15.3. The van der Waals surface area contributed by atoms with Crippen molar-refractivity contribution in [1.29, 1.82) is 0 Å². The third-order valence-corrected chi connectivity index (χ3v) is 4.74. The Hall–Kier alpha value is -0.703. The lowest BCUT2D eigenvalue weighted by molar-refractivity contribution is -0.138. The number of hydrogen-bond acceptors (Lipinski definition) is 2. The summed E-state index contributed by atoms with van der Waals surface area (Å²) in [4.78, 5) is 0. The van der Waals surface area contributed by atoms with Crippen LogP contribution in [0.5, 0.6) is 0 Å². The van der Waals surface area contributed by atoms with Crippen molar-refractivity contribution in [2.24, 2.45) is 0 Å². The van der Waals surface area contributed by atoms with Crippen LogP contribution in [0.4, 0.5) is 26.3 Å². The molecule has 0 radical (unpaired) electrons. The predicted molar refractivity (Wildman–Crippen MR) is 45.8 cm³/mol. The topological polar surface area (TPSA) is 18.5 Å². The summed E-state index contributed by atoms with van der Waals surface area (Å²) in [6, 6.07) is 0. The molecule has 96 valence electrons. The largest absolute Gasteiger partial charge is 0.499 e. The van der Waals surface area contributed by atoms with E-state index in [0.29, 0.717) is 0 Å². The molecular formula is C7H10F6O2Si. The van der Waals surface area contributed by atoms with Crippen molar-refractivity contribution >= 4 is 8.32 Å². The van der Waals surface area contributed by atoms with Gasteiger partial charge in [-0.15, -0.1) is 0 Å². The van der Waals surface area contributed by atoms with E-state index in [4.69, 9.17) is 0 Å². The maximum atomic E-state index is 12.3. The Morgan fingerprint density at radius 3 is 1.81 bits per heavy atom. The minimum Gasteiger partial charge on any atom is -0.499 e. The summed E-state index contributed by atoms with van der Waals surface area (Å²) in [6.45, 7) is 1.96. The molecule has 0 rings (SSSR count). The molecule has 0 spiro atoms. The molecular weight excluding hydrogens is 258 g/mol. The highest BCUT2D eigenvalue weighted by Gasteiger charge is 2.73. The molecule has 0 aromatic rings. The highest BCUT2D eigenvalue weighted by atomic mass is 28.4. The van der Waals surface area contributed by atoms with Crippen LogP contribution in [-0.4, -0.2) is 33.1 Å². The van der Waals surface area contributed by atoms with E-state index in [2.05, 4.69) is 15.7 Å². The second kappa shape index (κ2) is 5.08. The lowest BCUT2D eigenvalue weighted by Crippen LogP contribution is -2.62. The average molecular weight is 268 g/mol. The molecule has 0 saturated heterocycles. The summed E-state index contributed by atoms with van der Waals surface area (Å²) in [5.41, 5.74) is 0. The van der Waals surface area contributed by atoms with E-state index >= 15 is 0 Å². The molecule has 0 fully saturated rings. The van der Waals surface area contributed by atoms with Gasteiger partial charge >= 0.3 is 19.9 Å². The van der Waals surface area contributed by atoms with Crippen LogP contribution < -0.4 is 0 Å². The minimum atomic E-state index is -5.82. The molecule has 0 saturated carbocycles. The Bertz CT molecular complexity index is 222. The van der Waals surface area contributed by atoms with Crippen LogP contribution in [0.25, 0.3) is 0 Å². The van der Waals surface area contributed by atoms with Crippen molar-refractivity contribution in [3.63, 3.8) is 0 Å². The van der Waals surface area contributed by atoms with E-state index < -0.39 is 33.1 Å². The van der Waals surface area contributed by atoms with Gasteiger partial charge in [0.05, 0.1) is 12.9 Å². The highest BCUT2D eigenvalue weighted by molar-refractivity contribution is 6.76. The molecule has 0 aromatic heterocycles. The first-order valence-electron chi connectivity index (χ1n) is 4.06. The monoisotopic (exact) mass is 268 g/mol. The quantitative estimate of drug-likeness (QED) is 0.330. The molecule has 2 nitrogen and oxygen atoms in total. The third kappa shape index (κ3) is 3.41. The van der Waals surface area contributed by atoms with Gasteiger partial charge in [0.25, 0.3) is 0 Å². The molecule has 0 amide bonds. The molecule has 0 N–H and O–H groups in total. The smallest absolute Gasteiger partial charge is 0.430 e. The van der Waals surface area contributed by atoms with Crippen LogP contribution in [0.3, 0.4) is 0 Å². The third-order valence-electron chi connectivity index (χ3n) is 1.79. The molecule has 16 heavy (non-hydrogen) atoms. The summed E-state index contributed by atoms with van der Waals surface area (Å²) >= 11 is 0. The van der Waals surface area contributed by atoms with Crippen molar-refractivity contribution in [3.8, 4) is 0 Å². The van der Waals surface area contributed by atoms with Gasteiger partial charge in [0.15, 0.2) is 0 Å². The van der Waals surface area contributed by atoms with Crippen molar-refractivity contribution in [2.75, 3.05) is 13.2 Å². The number of halogens is 6. The fourth-order valence-corrected chi connectivity index (χ4v) is 1.84. The van der Waals surface area contributed by atoms with Crippen LogP contribution in [-0.2, 0) is 9.16 Å². The molecule has 0 aliphatic heterocycles. The Labute approximate surface area is 89.0 Å². The zero-order chi connectivity index (χ0) is 13.0. The lowest BCUT2D eigenvalue weighted by Gasteiger charge is -2.30. The second-order valence-corrected chi connectivity index (χ2v) is 6.40. The zero-order valence-electron chi connectivity index (χ0n) is 8.28. The Kier molecular flexibility index (Phi) is 4.86. The summed E-state index contributed by atoms with van der Waals surface area (Å²) < 4.78 is 81.9. The molecule has 9 heteroatoms. The lowest BCUT2D eigenvalue weighted by atomic mass is 10.8. The first-order chi connectivity index (χ1) is 7.06. The fraction of sp³-hybridized carbons (Fsp3) is 0.714. The van der Waals surface area contributed by atoms with Gasteiger partial charge in [0, 0.05) is 0 Å². The van der Waals surface area contributed by atoms with Gasteiger partial charge in [-0.3, -0.25) is 0 Å². The Morgan fingerprint density at radius 2 is 1.50 bits per heavy atom. The summed E-state index contributed by atoms with van der Waals surface area (Å²) in [5, 5.41) is 0. The van der Waals surface area contributed by atoms with Crippen LogP contribution >= 0.6 is 0 Å². The molecule has 0 unspecified atom stereocenters. The first-order valence-corrected chi connectivity index (χ1v) is 6.47. The van der Waals surface area contributed by atoms with Crippen molar-refractivity contribution < 1.29 is 35.5 Å². The molecule has 0 aromatic carbocycles. The van der Waals surface area contributed by atoms with E-state index in [9.17, 15) is 26.3 Å². The zero-order valence-corrected chi connectivity index (χ0v) is 9.28. The van der Waals surface area contributed by atoms with Crippen molar-refractivity contribution in [3.05, 3.63) is 12.8 Å². The van der Waals surface area contributed by atoms with Gasteiger partial charge in [-0.2, -0.15) is 26.3 Å². The Balaban J connectivity index is 4.64. The number of alkyl halides is 6. The summed E-state index contributed by atoms with van der Waals surface area (Å²) in [7, 11) is -5.82. The maximum absolute atomic E-state index is 12.3. The van der Waals surface area contributed by atoms with E-state index in [1.165, 1.54) is 0 Å². The predicted octanol–water partition coefficient (Wildman–Crippen LogP) is 2.94. The van der Waals surface area contributed by atoms with Gasteiger partial charge in [0.1, 0.15) is 6.61 Å². The summed E-state index contributed by atoms with van der Waals surface area (Å²) in [6.07, 6.45) is 0.906. The van der Waals surface area contributed by atoms with E-state index in [1.54, 1.807) is 0 Å². The van der Waals surface area contributed by atoms with E-state index in [-0.39, 0.29) is 6.55 Å². The second-order valence-electron chi connectivity index (χ2n) is 2.91. The summed E-state index contributed by atoms with van der Waals surface area (Å²) in [5.74, 6) is -10.8. The number of rotatable bonds is 5. The SMILES string of the molecule is C=COCCO[Si](C)(C(F)(F)F)C(F)(F)F. The van der Waals surface area contributed by atoms with Crippen molar-refractivity contribution in [2.45, 2.75) is 18.1 Å². The molecule has 0 atom stereocenters. The molecule has 0 heterocycles. The van der Waals surface area contributed by atoms with Crippen LogP contribution in [0.1, 0.15) is 0 Å². The average Bonchev–Trinajstić information content (AvgIpc) is 2.08. The molecule has 0 aliphatic carbocycles. The van der Waals surface area contributed by atoms with Gasteiger partial charge in [-0.1, -0.05) is 6.58 Å².